The zero-order valence-corrected chi connectivity index (χ0v) is 13.6. The Bertz CT molecular complexity index is 445. The van der Waals surface area contributed by atoms with Crippen LogP contribution in [0.4, 0.5) is 0 Å². The monoisotopic (exact) mass is 331 g/mol. The molecular formula is C14H22ClN3O2S. The lowest BCUT2D eigenvalue weighted by molar-refractivity contribution is -0.128. The van der Waals surface area contributed by atoms with Crippen molar-refractivity contribution < 1.29 is 9.59 Å². The first-order valence-corrected chi connectivity index (χ1v) is 7.82. The average Bonchev–Trinajstić information content (AvgIpc) is 2.43. The van der Waals surface area contributed by atoms with E-state index >= 15 is 0 Å². The molecule has 0 bridgehead atoms. The molecule has 0 saturated carbocycles. The van der Waals surface area contributed by atoms with E-state index in [1.807, 2.05) is 36.6 Å². The van der Waals surface area contributed by atoms with Crippen LogP contribution in [0.1, 0.15) is 12.0 Å². The molecule has 0 aliphatic rings. The van der Waals surface area contributed by atoms with Gasteiger partial charge in [0.15, 0.2) is 0 Å². The van der Waals surface area contributed by atoms with Gasteiger partial charge in [0.2, 0.25) is 11.8 Å². The second-order valence-electron chi connectivity index (χ2n) is 4.54. The van der Waals surface area contributed by atoms with E-state index in [0.717, 1.165) is 11.3 Å². The summed E-state index contributed by atoms with van der Waals surface area (Å²) in [6.07, 6.45) is 2.88. The first-order chi connectivity index (χ1) is 9.54. The SMILES string of the molecule is CSCC[C@H](NC(=O)[C@@H](N)Cc1ccccc1)C(N)=O.Cl. The van der Waals surface area contributed by atoms with Gasteiger partial charge in [-0.2, -0.15) is 11.8 Å². The largest absolute Gasteiger partial charge is 0.368 e. The van der Waals surface area contributed by atoms with E-state index < -0.39 is 18.0 Å². The zero-order valence-electron chi connectivity index (χ0n) is 12.0. The number of primary amides is 1. The van der Waals surface area contributed by atoms with Gasteiger partial charge in [0.1, 0.15) is 6.04 Å². The summed E-state index contributed by atoms with van der Waals surface area (Å²) in [5.74, 6) is -0.125. The van der Waals surface area contributed by atoms with Crippen molar-refractivity contribution in [3.05, 3.63) is 35.9 Å². The van der Waals surface area contributed by atoms with Crippen molar-refractivity contribution in [2.24, 2.45) is 11.5 Å². The van der Waals surface area contributed by atoms with Crippen molar-refractivity contribution in [1.82, 2.24) is 5.32 Å². The third kappa shape index (κ3) is 7.36. The van der Waals surface area contributed by atoms with E-state index in [4.69, 9.17) is 11.5 Å². The fraction of sp³-hybridized carbons (Fsp3) is 0.429. The molecule has 0 aliphatic carbocycles. The summed E-state index contributed by atoms with van der Waals surface area (Å²) in [5.41, 5.74) is 12.1. The van der Waals surface area contributed by atoms with E-state index in [1.54, 1.807) is 11.8 Å². The minimum Gasteiger partial charge on any atom is -0.368 e. The van der Waals surface area contributed by atoms with Gasteiger partial charge < -0.3 is 16.8 Å². The highest BCUT2D eigenvalue weighted by Crippen LogP contribution is 2.04. The first kappa shape index (κ1) is 19.8. The number of amides is 2. The number of benzene rings is 1. The standard InChI is InChI=1S/C14H21N3O2S.ClH/c1-20-8-7-12(13(16)18)17-14(19)11(15)9-10-5-3-2-4-6-10;/h2-6,11-12H,7-9,15H2,1H3,(H2,16,18)(H,17,19);1H/t11-,12-;/m0./s1. The van der Waals surface area contributed by atoms with Crippen molar-refractivity contribution >= 4 is 36.0 Å². The highest BCUT2D eigenvalue weighted by molar-refractivity contribution is 7.98. The molecular weight excluding hydrogens is 310 g/mol. The normalized spacial score (nSPS) is 12.9. The molecule has 2 atom stereocenters. The molecule has 0 saturated heterocycles. The number of thioether (sulfide) groups is 1. The minimum atomic E-state index is -0.687. The molecule has 1 aromatic carbocycles. The van der Waals surface area contributed by atoms with Crippen LogP contribution in [0.3, 0.4) is 0 Å². The Kier molecular flexibility index (Phi) is 9.86. The molecule has 5 nitrogen and oxygen atoms in total. The number of halogens is 1. The molecule has 118 valence electrons. The topological polar surface area (TPSA) is 98.2 Å². The fourth-order valence-corrected chi connectivity index (χ4v) is 2.23. The Morgan fingerprint density at radius 1 is 1.29 bits per heavy atom. The highest BCUT2D eigenvalue weighted by atomic mass is 35.5. The quantitative estimate of drug-likeness (QED) is 0.653. The number of carbonyl (C=O) groups excluding carboxylic acids is 2. The van der Waals surface area contributed by atoms with Crippen LogP contribution in [0, 0.1) is 0 Å². The average molecular weight is 332 g/mol. The van der Waals surface area contributed by atoms with Crippen molar-refractivity contribution in [1.29, 1.82) is 0 Å². The Hall–Kier alpha value is -1.24. The van der Waals surface area contributed by atoms with Gasteiger partial charge in [-0.1, -0.05) is 30.3 Å². The summed E-state index contributed by atoms with van der Waals surface area (Å²) in [6, 6.07) is 8.17. The lowest BCUT2D eigenvalue weighted by atomic mass is 10.1. The molecule has 21 heavy (non-hydrogen) atoms. The van der Waals surface area contributed by atoms with E-state index in [2.05, 4.69) is 5.32 Å². The van der Waals surface area contributed by atoms with Crippen molar-refractivity contribution in [3.63, 3.8) is 0 Å². The third-order valence-electron chi connectivity index (χ3n) is 2.91. The molecule has 0 spiro atoms. The molecule has 0 aromatic heterocycles. The number of hydrogen-bond donors (Lipinski definition) is 3. The van der Waals surface area contributed by atoms with Crippen molar-refractivity contribution in [2.45, 2.75) is 24.9 Å². The Morgan fingerprint density at radius 2 is 1.90 bits per heavy atom. The van der Waals surface area contributed by atoms with Crippen molar-refractivity contribution in [2.75, 3.05) is 12.0 Å². The number of nitrogens with two attached hydrogens (primary N) is 2. The maximum Gasteiger partial charge on any atom is 0.240 e. The molecule has 0 aliphatic heterocycles. The van der Waals surface area contributed by atoms with E-state index in [9.17, 15) is 9.59 Å². The van der Waals surface area contributed by atoms with Crippen LogP contribution in [-0.4, -0.2) is 35.9 Å². The molecule has 7 heteroatoms. The number of nitrogens with one attached hydrogen (secondary N) is 1. The van der Waals surface area contributed by atoms with E-state index in [-0.39, 0.29) is 18.3 Å². The van der Waals surface area contributed by atoms with Crippen LogP contribution < -0.4 is 16.8 Å². The summed E-state index contributed by atoms with van der Waals surface area (Å²) in [6.45, 7) is 0. The lowest BCUT2D eigenvalue weighted by Crippen LogP contribution is -2.51. The Balaban J connectivity index is 0.00000400. The highest BCUT2D eigenvalue weighted by Gasteiger charge is 2.21. The predicted molar refractivity (Wildman–Crippen MR) is 89.5 cm³/mol. The Morgan fingerprint density at radius 3 is 2.43 bits per heavy atom. The first-order valence-electron chi connectivity index (χ1n) is 6.42. The van der Waals surface area contributed by atoms with Crippen LogP contribution in [0.5, 0.6) is 0 Å². The molecule has 0 radical (unpaired) electrons. The van der Waals surface area contributed by atoms with Gasteiger partial charge >= 0.3 is 0 Å². The van der Waals surface area contributed by atoms with Gasteiger partial charge in [-0.05, 0) is 30.4 Å². The second kappa shape index (κ2) is 10.5. The minimum absolute atomic E-state index is 0. The zero-order chi connectivity index (χ0) is 15.0. The smallest absolute Gasteiger partial charge is 0.240 e. The second-order valence-corrected chi connectivity index (χ2v) is 5.53. The van der Waals surface area contributed by atoms with E-state index in [1.165, 1.54) is 0 Å². The maximum atomic E-state index is 12.0. The third-order valence-corrected chi connectivity index (χ3v) is 3.55. The van der Waals surface area contributed by atoms with Crippen LogP contribution in [0.15, 0.2) is 30.3 Å². The van der Waals surface area contributed by atoms with Crippen LogP contribution in [0.2, 0.25) is 0 Å². The molecule has 2 amide bonds. The van der Waals surface area contributed by atoms with Gasteiger partial charge in [0, 0.05) is 0 Å². The summed E-state index contributed by atoms with van der Waals surface area (Å²) in [4.78, 5) is 23.3. The number of carbonyl (C=O) groups is 2. The molecule has 5 N–H and O–H groups in total. The molecule has 1 aromatic rings. The van der Waals surface area contributed by atoms with Crippen LogP contribution >= 0.6 is 24.2 Å². The van der Waals surface area contributed by atoms with Crippen LogP contribution in [0.25, 0.3) is 0 Å². The molecule has 1 rings (SSSR count). The molecule has 0 unspecified atom stereocenters. The predicted octanol–water partition coefficient (Wildman–Crippen LogP) is 0.701. The summed E-state index contributed by atoms with van der Waals surface area (Å²) in [5, 5.41) is 2.62. The maximum absolute atomic E-state index is 12.0. The summed E-state index contributed by atoms with van der Waals surface area (Å²) in [7, 11) is 0. The molecule has 0 fully saturated rings. The lowest BCUT2D eigenvalue weighted by Gasteiger charge is -2.18. The van der Waals surface area contributed by atoms with Crippen molar-refractivity contribution in [3.8, 4) is 0 Å². The van der Waals surface area contributed by atoms with Gasteiger partial charge in [-0.15, -0.1) is 12.4 Å². The summed E-state index contributed by atoms with van der Waals surface area (Å²) >= 11 is 1.60. The van der Waals surface area contributed by atoms with E-state index in [0.29, 0.717) is 12.8 Å². The van der Waals surface area contributed by atoms with Gasteiger partial charge in [0.25, 0.3) is 0 Å². The number of hydrogen-bond acceptors (Lipinski definition) is 4. The van der Waals surface area contributed by atoms with Crippen LogP contribution in [-0.2, 0) is 16.0 Å². The molecule has 0 heterocycles. The summed E-state index contributed by atoms with van der Waals surface area (Å²) < 4.78 is 0. The van der Waals surface area contributed by atoms with Gasteiger partial charge in [0.05, 0.1) is 6.04 Å². The van der Waals surface area contributed by atoms with Gasteiger partial charge in [-0.3, -0.25) is 9.59 Å². The number of rotatable bonds is 8. The Labute approximate surface area is 135 Å². The van der Waals surface area contributed by atoms with Gasteiger partial charge in [-0.25, -0.2) is 0 Å². The fourth-order valence-electron chi connectivity index (χ4n) is 1.76.